The van der Waals surface area contributed by atoms with Crippen LogP contribution in [0.15, 0.2) is 35.5 Å². The predicted octanol–water partition coefficient (Wildman–Crippen LogP) is 4.74. The van der Waals surface area contributed by atoms with Crippen molar-refractivity contribution in [2.45, 2.75) is 45.3 Å². The van der Waals surface area contributed by atoms with Crippen molar-refractivity contribution in [2.24, 2.45) is 5.41 Å². The van der Waals surface area contributed by atoms with Gasteiger partial charge in [0.1, 0.15) is 0 Å². The Labute approximate surface area is 104 Å². The second-order valence-corrected chi connectivity index (χ2v) is 6.64. The molecule has 0 saturated carbocycles. The van der Waals surface area contributed by atoms with Gasteiger partial charge in [-0.3, -0.25) is 0 Å². The molecule has 2 aliphatic rings. The van der Waals surface area contributed by atoms with Crippen molar-refractivity contribution in [3.05, 3.63) is 35.5 Å². The summed E-state index contributed by atoms with van der Waals surface area (Å²) in [6.45, 7) is 11.1. The number of allylic oxidation sites excluding steroid dienone is 5. The molecule has 1 aliphatic carbocycles. The molecule has 0 radical (unpaired) electrons. The normalized spacial score (nSPS) is 35.7. The van der Waals surface area contributed by atoms with Crippen molar-refractivity contribution in [2.75, 3.05) is 5.75 Å². The zero-order valence-corrected chi connectivity index (χ0v) is 11.5. The van der Waals surface area contributed by atoms with Crippen LogP contribution in [0, 0.1) is 5.41 Å². The Bertz CT molecular complexity index is 356. The summed E-state index contributed by atoms with van der Waals surface area (Å²) >= 11 is 2.14. The van der Waals surface area contributed by atoms with Crippen LogP contribution in [-0.2, 0) is 0 Å². The first-order valence-corrected chi connectivity index (χ1v) is 7.28. The smallest absolute Gasteiger partial charge is 0.0225 e. The fourth-order valence-corrected chi connectivity index (χ4v) is 4.50. The van der Waals surface area contributed by atoms with Gasteiger partial charge in [-0.05, 0) is 43.6 Å². The van der Waals surface area contributed by atoms with Gasteiger partial charge in [0.15, 0.2) is 0 Å². The van der Waals surface area contributed by atoms with Gasteiger partial charge in [0.05, 0.1) is 0 Å². The first-order chi connectivity index (χ1) is 7.54. The molecule has 0 aromatic carbocycles. The zero-order valence-electron chi connectivity index (χ0n) is 10.7. The fraction of sp³-hybridized carbons (Fsp3) is 0.600. The molecule has 0 spiro atoms. The molecule has 0 N–H and O–H groups in total. The van der Waals surface area contributed by atoms with E-state index in [1.807, 2.05) is 0 Å². The molecule has 88 valence electrons. The monoisotopic (exact) mass is 234 g/mol. The van der Waals surface area contributed by atoms with Crippen LogP contribution in [0.4, 0.5) is 0 Å². The van der Waals surface area contributed by atoms with Crippen LogP contribution in [0.25, 0.3) is 0 Å². The van der Waals surface area contributed by atoms with Gasteiger partial charge in [-0.2, -0.15) is 11.8 Å². The summed E-state index contributed by atoms with van der Waals surface area (Å²) in [5.41, 5.74) is 4.29. The Hall–Kier alpha value is -0.430. The molecule has 16 heavy (non-hydrogen) atoms. The average Bonchev–Trinajstić information content (AvgIpc) is 2.27. The number of rotatable bonds is 1. The van der Waals surface area contributed by atoms with Crippen LogP contribution >= 0.6 is 11.8 Å². The number of hydrogen-bond acceptors (Lipinski definition) is 1. The van der Waals surface area contributed by atoms with Gasteiger partial charge in [-0.15, -0.1) is 0 Å². The summed E-state index contributed by atoms with van der Waals surface area (Å²) in [6.07, 6.45) is 8.82. The fourth-order valence-electron chi connectivity index (χ4n) is 2.96. The zero-order chi connectivity index (χ0) is 11.8. The van der Waals surface area contributed by atoms with Crippen molar-refractivity contribution < 1.29 is 0 Å². The van der Waals surface area contributed by atoms with Crippen LogP contribution in [-0.4, -0.2) is 11.0 Å². The maximum absolute atomic E-state index is 4.33. The van der Waals surface area contributed by atoms with Gasteiger partial charge < -0.3 is 0 Å². The Morgan fingerprint density at radius 3 is 2.75 bits per heavy atom. The summed E-state index contributed by atoms with van der Waals surface area (Å²) in [4.78, 5) is 0. The highest BCUT2D eigenvalue weighted by molar-refractivity contribution is 8.00. The lowest BCUT2D eigenvalue weighted by molar-refractivity contribution is 0.447. The van der Waals surface area contributed by atoms with E-state index in [1.165, 1.54) is 41.7 Å². The van der Waals surface area contributed by atoms with Crippen LogP contribution in [0.1, 0.15) is 40.0 Å². The molecule has 0 bridgehead atoms. The van der Waals surface area contributed by atoms with Gasteiger partial charge in [-0.1, -0.05) is 37.6 Å². The molecular weight excluding hydrogens is 212 g/mol. The lowest BCUT2D eigenvalue weighted by Gasteiger charge is -2.41. The first kappa shape index (κ1) is 12.0. The number of hydrogen-bond donors (Lipinski definition) is 0. The third-order valence-electron chi connectivity index (χ3n) is 3.95. The molecule has 0 amide bonds. The van der Waals surface area contributed by atoms with Crippen LogP contribution < -0.4 is 0 Å². The lowest BCUT2D eigenvalue weighted by atomic mass is 9.71. The second-order valence-electron chi connectivity index (χ2n) is 5.33. The van der Waals surface area contributed by atoms with Crippen molar-refractivity contribution >= 4 is 11.8 Å². The summed E-state index contributed by atoms with van der Waals surface area (Å²) in [5, 5.41) is 0.729. The maximum Gasteiger partial charge on any atom is 0.0225 e. The molecule has 2 rings (SSSR count). The Morgan fingerprint density at radius 2 is 2.12 bits per heavy atom. The van der Waals surface area contributed by atoms with E-state index in [0.717, 1.165) is 5.25 Å². The molecule has 1 aliphatic heterocycles. The Kier molecular flexibility index (Phi) is 3.34. The summed E-state index contributed by atoms with van der Waals surface area (Å²) < 4.78 is 0. The third-order valence-corrected chi connectivity index (χ3v) is 5.60. The van der Waals surface area contributed by atoms with Crippen molar-refractivity contribution in [1.82, 2.24) is 0 Å². The topological polar surface area (TPSA) is 0 Å². The standard InChI is InChI=1S/C15H22S/c1-11-9-12(2)13(3)15(4,10-11)14-7-5-6-8-16-14/h9-10,14H,3,5-8H2,1-2,4H3/t14-,15-/m1/s1. The molecule has 1 fully saturated rings. The van der Waals surface area contributed by atoms with Crippen LogP contribution in [0.2, 0.25) is 0 Å². The third kappa shape index (κ3) is 2.02. The minimum Gasteiger partial charge on any atom is -0.157 e. The van der Waals surface area contributed by atoms with E-state index in [4.69, 9.17) is 0 Å². The molecule has 0 unspecified atom stereocenters. The van der Waals surface area contributed by atoms with Crippen LogP contribution in [0.5, 0.6) is 0 Å². The molecule has 2 atom stereocenters. The SMILES string of the molecule is C=C1C(C)=CC(C)=C[C@@]1(C)[C@H]1CCCCS1. The quantitative estimate of drug-likeness (QED) is 0.631. The van der Waals surface area contributed by atoms with Crippen LogP contribution in [0.3, 0.4) is 0 Å². The molecular formula is C15H22S. The lowest BCUT2D eigenvalue weighted by Crippen LogP contribution is -2.33. The summed E-state index contributed by atoms with van der Waals surface area (Å²) in [6, 6.07) is 0. The highest BCUT2D eigenvalue weighted by Gasteiger charge is 2.38. The van der Waals surface area contributed by atoms with E-state index < -0.39 is 0 Å². The van der Waals surface area contributed by atoms with E-state index in [1.54, 1.807) is 0 Å². The molecule has 0 nitrogen and oxygen atoms in total. The average molecular weight is 234 g/mol. The minimum atomic E-state index is 0.188. The van der Waals surface area contributed by atoms with Gasteiger partial charge in [0.25, 0.3) is 0 Å². The van der Waals surface area contributed by atoms with Gasteiger partial charge in [0, 0.05) is 10.7 Å². The molecule has 1 heterocycles. The number of thioether (sulfide) groups is 1. The highest BCUT2D eigenvalue weighted by atomic mass is 32.2. The predicted molar refractivity (Wildman–Crippen MR) is 74.9 cm³/mol. The van der Waals surface area contributed by atoms with Crippen molar-refractivity contribution in [3.63, 3.8) is 0 Å². The Balaban J connectivity index is 2.29. The largest absolute Gasteiger partial charge is 0.157 e. The van der Waals surface area contributed by atoms with Gasteiger partial charge >= 0.3 is 0 Å². The summed E-state index contributed by atoms with van der Waals surface area (Å²) in [7, 11) is 0. The van der Waals surface area contributed by atoms with E-state index in [0.29, 0.717) is 0 Å². The highest BCUT2D eigenvalue weighted by Crippen LogP contribution is 2.48. The van der Waals surface area contributed by atoms with Gasteiger partial charge in [0.2, 0.25) is 0 Å². The van der Waals surface area contributed by atoms with Gasteiger partial charge in [-0.25, -0.2) is 0 Å². The Morgan fingerprint density at radius 1 is 1.38 bits per heavy atom. The van der Waals surface area contributed by atoms with Crippen molar-refractivity contribution in [1.29, 1.82) is 0 Å². The molecule has 1 saturated heterocycles. The molecule has 0 aromatic rings. The molecule has 0 aromatic heterocycles. The van der Waals surface area contributed by atoms with E-state index in [9.17, 15) is 0 Å². The maximum atomic E-state index is 4.33. The second kappa shape index (κ2) is 4.44. The minimum absolute atomic E-state index is 0.188. The van der Waals surface area contributed by atoms with E-state index in [-0.39, 0.29) is 5.41 Å². The molecule has 1 heteroatoms. The summed E-state index contributed by atoms with van der Waals surface area (Å²) in [5.74, 6) is 1.32. The van der Waals surface area contributed by atoms with E-state index >= 15 is 0 Å². The van der Waals surface area contributed by atoms with E-state index in [2.05, 4.69) is 51.3 Å². The first-order valence-electron chi connectivity index (χ1n) is 6.23. The van der Waals surface area contributed by atoms with Crippen molar-refractivity contribution in [3.8, 4) is 0 Å².